The zero-order valence-corrected chi connectivity index (χ0v) is 12.0. The Morgan fingerprint density at radius 1 is 1.22 bits per heavy atom. The van der Waals surface area contributed by atoms with Crippen LogP contribution in [0.2, 0.25) is 0 Å². The van der Waals surface area contributed by atoms with Crippen molar-refractivity contribution in [2.75, 3.05) is 13.1 Å². The lowest BCUT2D eigenvalue weighted by Crippen LogP contribution is -2.34. The fraction of sp³-hybridized carbons (Fsp3) is 0.462. The molecule has 0 saturated carbocycles. The van der Waals surface area contributed by atoms with Crippen molar-refractivity contribution in [1.82, 2.24) is 5.32 Å². The Morgan fingerprint density at radius 2 is 1.89 bits per heavy atom. The Balaban J connectivity index is 2.11. The molecule has 2 rings (SSSR count). The molecule has 1 aliphatic heterocycles. The van der Waals surface area contributed by atoms with Gasteiger partial charge in [-0.3, -0.25) is 4.79 Å². The van der Waals surface area contributed by atoms with Crippen molar-refractivity contribution < 1.29 is 4.79 Å². The maximum atomic E-state index is 12.2. The molecule has 0 spiro atoms. The number of hydrogen-bond acceptors (Lipinski definition) is 2. The number of carbonyl (C=O) groups excluding carboxylic acids is 1. The lowest BCUT2D eigenvalue weighted by molar-refractivity contribution is 0.0899. The number of piperidine rings is 1. The molecule has 1 unspecified atom stereocenters. The lowest BCUT2D eigenvalue weighted by atomic mass is 9.91. The van der Waals surface area contributed by atoms with Crippen LogP contribution in [0.3, 0.4) is 0 Å². The van der Waals surface area contributed by atoms with Crippen LogP contribution in [-0.2, 0) is 3.79 Å². The summed E-state index contributed by atoms with van der Waals surface area (Å²) in [7, 11) is 0. The Bertz CT molecular complexity index is 419. The lowest BCUT2D eigenvalue weighted by Gasteiger charge is -2.21. The van der Waals surface area contributed by atoms with Gasteiger partial charge in [-0.25, -0.2) is 0 Å². The summed E-state index contributed by atoms with van der Waals surface area (Å²) in [6.07, 6.45) is 1.99. The zero-order chi connectivity index (χ0) is 13.2. The van der Waals surface area contributed by atoms with Gasteiger partial charge in [0.2, 0.25) is 3.79 Å². The molecule has 1 atom stereocenters. The van der Waals surface area contributed by atoms with Crippen LogP contribution in [0, 0.1) is 5.92 Å². The molecule has 1 aliphatic rings. The average molecular weight is 307 g/mol. The van der Waals surface area contributed by atoms with Crippen LogP contribution in [0.15, 0.2) is 24.3 Å². The van der Waals surface area contributed by atoms with Gasteiger partial charge in [0, 0.05) is 23.6 Å². The van der Waals surface area contributed by atoms with E-state index in [0.717, 1.165) is 25.9 Å². The Labute approximate surface area is 122 Å². The molecule has 98 valence electrons. The third-order valence-corrected chi connectivity index (χ3v) is 3.82. The number of halogens is 3. The minimum Gasteiger partial charge on any atom is -0.316 e. The van der Waals surface area contributed by atoms with E-state index in [4.69, 9.17) is 34.8 Å². The van der Waals surface area contributed by atoms with Crippen LogP contribution in [0.25, 0.3) is 0 Å². The molecule has 0 radical (unpaired) electrons. The Kier molecular flexibility index (Phi) is 4.54. The van der Waals surface area contributed by atoms with Crippen molar-refractivity contribution in [1.29, 1.82) is 0 Å². The number of benzene rings is 1. The van der Waals surface area contributed by atoms with Gasteiger partial charge >= 0.3 is 0 Å². The van der Waals surface area contributed by atoms with Crippen LogP contribution in [-0.4, -0.2) is 18.9 Å². The number of rotatable bonds is 2. The standard InChI is InChI=1S/C13H14Cl3NO/c14-13(15,16)11-5-3-9(4-6-11)12(18)10-2-1-7-17-8-10/h3-6,10,17H,1-2,7-8H2. The smallest absolute Gasteiger partial charge is 0.216 e. The van der Waals surface area contributed by atoms with Crippen LogP contribution < -0.4 is 5.32 Å². The quantitative estimate of drug-likeness (QED) is 0.667. The molecule has 1 aromatic rings. The van der Waals surface area contributed by atoms with E-state index < -0.39 is 3.79 Å². The molecule has 0 aliphatic carbocycles. The van der Waals surface area contributed by atoms with Crippen molar-refractivity contribution in [2.24, 2.45) is 5.92 Å². The molecule has 1 saturated heterocycles. The fourth-order valence-corrected chi connectivity index (χ4v) is 2.51. The van der Waals surface area contributed by atoms with Crippen LogP contribution in [0.5, 0.6) is 0 Å². The normalized spacial score (nSPS) is 20.7. The van der Waals surface area contributed by atoms with Gasteiger partial charge in [0.05, 0.1) is 0 Å². The number of alkyl halides is 3. The third kappa shape index (κ3) is 3.39. The second-order valence-electron chi connectivity index (χ2n) is 4.48. The first-order valence-corrected chi connectivity index (χ1v) is 7.04. The van der Waals surface area contributed by atoms with Gasteiger partial charge < -0.3 is 5.32 Å². The topological polar surface area (TPSA) is 29.1 Å². The molecule has 1 aromatic carbocycles. The summed E-state index contributed by atoms with van der Waals surface area (Å²) < 4.78 is -1.44. The summed E-state index contributed by atoms with van der Waals surface area (Å²) in [5.41, 5.74) is 1.26. The number of carbonyl (C=O) groups is 1. The highest BCUT2D eigenvalue weighted by Crippen LogP contribution is 2.38. The summed E-state index contributed by atoms with van der Waals surface area (Å²) in [6.45, 7) is 1.75. The number of hydrogen-bond donors (Lipinski definition) is 1. The highest BCUT2D eigenvalue weighted by molar-refractivity contribution is 6.66. The fourth-order valence-electron chi connectivity index (χ4n) is 2.13. The number of Topliss-reactive ketones (excluding diaryl/α,β-unsaturated/α-hetero) is 1. The van der Waals surface area contributed by atoms with E-state index >= 15 is 0 Å². The first-order chi connectivity index (χ1) is 8.48. The molecular weight excluding hydrogens is 293 g/mol. The van der Waals surface area contributed by atoms with Crippen LogP contribution in [0.4, 0.5) is 0 Å². The second kappa shape index (κ2) is 5.79. The number of ketones is 1. The second-order valence-corrected chi connectivity index (χ2v) is 6.76. The molecule has 0 aromatic heterocycles. The van der Waals surface area contributed by atoms with E-state index in [1.54, 1.807) is 24.3 Å². The highest BCUT2D eigenvalue weighted by Gasteiger charge is 2.25. The van der Waals surface area contributed by atoms with E-state index in [2.05, 4.69) is 5.32 Å². The van der Waals surface area contributed by atoms with Crippen molar-refractivity contribution in [3.8, 4) is 0 Å². The highest BCUT2D eigenvalue weighted by atomic mass is 35.6. The predicted molar refractivity (Wildman–Crippen MR) is 75.6 cm³/mol. The van der Waals surface area contributed by atoms with E-state index in [-0.39, 0.29) is 11.7 Å². The van der Waals surface area contributed by atoms with Crippen LogP contribution in [0.1, 0.15) is 28.8 Å². The minimum atomic E-state index is -1.44. The maximum Gasteiger partial charge on any atom is 0.216 e. The predicted octanol–water partition coefficient (Wildman–Crippen LogP) is 3.70. The molecular formula is C13H14Cl3NO. The van der Waals surface area contributed by atoms with Gasteiger partial charge in [-0.2, -0.15) is 0 Å². The van der Waals surface area contributed by atoms with E-state index in [1.807, 2.05) is 0 Å². The molecule has 0 bridgehead atoms. The third-order valence-electron chi connectivity index (χ3n) is 3.16. The summed E-state index contributed by atoms with van der Waals surface area (Å²) >= 11 is 17.3. The van der Waals surface area contributed by atoms with Gasteiger partial charge in [0.15, 0.2) is 5.78 Å². The van der Waals surface area contributed by atoms with E-state index in [9.17, 15) is 4.79 Å². The van der Waals surface area contributed by atoms with Gasteiger partial charge in [0.1, 0.15) is 0 Å². The van der Waals surface area contributed by atoms with Gasteiger partial charge in [0.25, 0.3) is 0 Å². The Hall–Kier alpha value is -0.280. The van der Waals surface area contributed by atoms with Crippen molar-refractivity contribution in [2.45, 2.75) is 16.6 Å². The first kappa shape index (κ1) is 14.1. The van der Waals surface area contributed by atoms with Crippen molar-refractivity contribution in [3.63, 3.8) is 0 Å². The molecule has 18 heavy (non-hydrogen) atoms. The summed E-state index contributed by atoms with van der Waals surface area (Å²) in [5, 5.41) is 3.24. The maximum absolute atomic E-state index is 12.2. The monoisotopic (exact) mass is 305 g/mol. The van der Waals surface area contributed by atoms with E-state index in [0.29, 0.717) is 11.1 Å². The SMILES string of the molecule is O=C(c1ccc(C(Cl)(Cl)Cl)cc1)C1CCCNC1. The molecule has 1 N–H and O–H groups in total. The summed E-state index contributed by atoms with van der Waals surface area (Å²) in [4.78, 5) is 12.2. The minimum absolute atomic E-state index is 0.0670. The summed E-state index contributed by atoms with van der Waals surface area (Å²) in [5.74, 6) is 0.232. The molecule has 5 heteroatoms. The molecule has 0 amide bonds. The van der Waals surface area contributed by atoms with Crippen LogP contribution >= 0.6 is 34.8 Å². The zero-order valence-electron chi connectivity index (χ0n) is 9.76. The van der Waals surface area contributed by atoms with Crippen molar-refractivity contribution in [3.05, 3.63) is 35.4 Å². The van der Waals surface area contributed by atoms with Gasteiger partial charge in [-0.05, 0) is 19.4 Å². The number of nitrogens with one attached hydrogen (secondary N) is 1. The van der Waals surface area contributed by atoms with Gasteiger partial charge in [-0.15, -0.1) is 0 Å². The largest absolute Gasteiger partial charge is 0.316 e. The molecule has 2 nitrogen and oxygen atoms in total. The van der Waals surface area contributed by atoms with Gasteiger partial charge in [-0.1, -0.05) is 59.1 Å². The van der Waals surface area contributed by atoms with Crippen molar-refractivity contribution >= 4 is 40.6 Å². The van der Waals surface area contributed by atoms with E-state index in [1.165, 1.54) is 0 Å². The average Bonchev–Trinajstić information content (AvgIpc) is 2.38. The molecule has 1 heterocycles. The molecule has 1 fully saturated rings. The summed E-state index contributed by atoms with van der Waals surface area (Å²) in [6, 6.07) is 6.84. The Morgan fingerprint density at radius 3 is 2.39 bits per heavy atom. The first-order valence-electron chi connectivity index (χ1n) is 5.90.